The van der Waals surface area contributed by atoms with Gasteiger partial charge in [0.25, 0.3) is 11.1 Å². The minimum absolute atomic E-state index is 0.208. The van der Waals surface area contributed by atoms with Gasteiger partial charge in [-0.15, -0.1) is 0 Å². The van der Waals surface area contributed by atoms with Crippen molar-refractivity contribution in [1.82, 2.24) is 9.47 Å². The van der Waals surface area contributed by atoms with Gasteiger partial charge in [-0.25, -0.2) is 0 Å². The summed E-state index contributed by atoms with van der Waals surface area (Å²) in [5.41, 5.74) is 6.02. The van der Waals surface area contributed by atoms with Gasteiger partial charge in [-0.2, -0.15) is 0 Å². The maximum Gasteiger partial charge on any atom is 0.293 e. The van der Waals surface area contributed by atoms with Crippen LogP contribution in [0.4, 0.5) is 4.79 Å². The normalized spacial score (nSPS) is 15.4. The molecule has 4 rings (SSSR count). The lowest BCUT2D eigenvalue weighted by molar-refractivity contribution is -0.123. The van der Waals surface area contributed by atoms with Crippen LogP contribution in [-0.2, 0) is 11.3 Å². The number of imide groups is 1. The number of hydrogen-bond donors (Lipinski definition) is 0. The molecule has 1 fully saturated rings. The number of amides is 2. The summed E-state index contributed by atoms with van der Waals surface area (Å²) in [7, 11) is 0. The molecule has 0 radical (unpaired) electrons. The van der Waals surface area contributed by atoms with Crippen LogP contribution in [0.2, 0.25) is 5.02 Å². The number of thioether (sulfide) groups is 1. The van der Waals surface area contributed by atoms with Gasteiger partial charge in [0, 0.05) is 26.6 Å². The Kier molecular flexibility index (Phi) is 6.15. The standard InChI is InChI=1S/C24H20BrClN2O2S/c1-14-9-20(7-8-21(14)25)28-15(2)10-18(16(28)3)12-22-23(29)27(24(30)31-22)13-17-5-4-6-19(26)11-17/h4-12H,13H2,1-3H3/b22-12-. The Morgan fingerprint density at radius 3 is 2.55 bits per heavy atom. The number of benzene rings is 2. The lowest BCUT2D eigenvalue weighted by Gasteiger charge is -2.12. The molecule has 2 aromatic carbocycles. The Balaban J connectivity index is 1.64. The van der Waals surface area contributed by atoms with Crippen LogP contribution in [0.3, 0.4) is 0 Å². The molecule has 31 heavy (non-hydrogen) atoms. The first-order valence-corrected chi connectivity index (χ1v) is 11.7. The second kappa shape index (κ2) is 8.69. The summed E-state index contributed by atoms with van der Waals surface area (Å²) in [6.07, 6.45) is 1.81. The average Bonchev–Trinajstić information content (AvgIpc) is 3.14. The first kappa shape index (κ1) is 21.9. The van der Waals surface area contributed by atoms with Crippen molar-refractivity contribution in [2.45, 2.75) is 27.3 Å². The molecule has 7 heteroatoms. The van der Waals surface area contributed by atoms with Crippen LogP contribution in [-0.4, -0.2) is 20.6 Å². The predicted octanol–water partition coefficient (Wildman–Crippen LogP) is 7.05. The van der Waals surface area contributed by atoms with Gasteiger partial charge in [0.05, 0.1) is 11.4 Å². The summed E-state index contributed by atoms with van der Waals surface area (Å²) in [4.78, 5) is 27.1. The number of hydrogen-bond acceptors (Lipinski definition) is 3. The number of nitrogens with zero attached hydrogens (tertiary/aromatic N) is 2. The summed E-state index contributed by atoms with van der Waals surface area (Å²) in [5.74, 6) is -0.278. The Labute approximate surface area is 199 Å². The SMILES string of the molecule is Cc1cc(-n2c(C)cc(/C=C3\SC(=O)N(Cc4cccc(Cl)c4)C3=O)c2C)ccc1Br. The van der Waals surface area contributed by atoms with Gasteiger partial charge in [-0.1, -0.05) is 39.7 Å². The second-order valence-electron chi connectivity index (χ2n) is 7.49. The maximum absolute atomic E-state index is 12.9. The highest BCUT2D eigenvalue weighted by molar-refractivity contribution is 9.10. The van der Waals surface area contributed by atoms with Gasteiger partial charge < -0.3 is 4.57 Å². The zero-order valence-corrected chi connectivity index (χ0v) is 20.4. The van der Waals surface area contributed by atoms with E-state index in [1.54, 1.807) is 12.1 Å². The summed E-state index contributed by atoms with van der Waals surface area (Å²) >= 11 is 10.6. The van der Waals surface area contributed by atoms with Crippen LogP contribution in [0.15, 0.2) is 57.9 Å². The highest BCUT2D eigenvalue weighted by Crippen LogP contribution is 2.35. The van der Waals surface area contributed by atoms with Crippen molar-refractivity contribution in [3.05, 3.63) is 91.0 Å². The molecule has 4 nitrogen and oxygen atoms in total. The van der Waals surface area contributed by atoms with E-state index >= 15 is 0 Å². The van der Waals surface area contributed by atoms with Crippen LogP contribution in [0.1, 0.15) is 28.1 Å². The number of halogens is 2. The number of aryl methyl sites for hydroxylation is 2. The summed E-state index contributed by atoms with van der Waals surface area (Å²) in [6.45, 7) is 6.32. The van der Waals surface area contributed by atoms with Gasteiger partial charge in [0.2, 0.25) is 0 Å². The smallest absolute Gasteiger partial charge is 0.293 e. The van der Waals surface area contributed by atoms with Crippen molar-refractivity contribution in [3.8, 4) is 5.69 Å². The summed E-state index contributed by atoms with van der Waals surface area (Å²) in [5, 5.41) is 0.309. The molecule has 1 aromatic heterocycles. The molecule has 0 N–H and O–H groups in total. The van der Waals surface area contributed by atoms with Crippen molar-refractivity contribution in [3.63, 3.8) is 0 Å². The molecule has 0 bridgehead atoms. The van der Waals surface area contributed by atoms with E-state index in [0.29, 0.717) is 9.93 Å². The highest BCUT2D eigenvalue weighted by atomic mass is 79.9. The van der Waals surface area contributed by atoms with E-state index in [4.69, 9.17) is 11.6 Å². The van der Waals surface area contributed by atoms with Crippen LogP contribution in [0, 0.1) is 20.8 Å². The van der Waals surface area contributed by atoms with E-state index in [0.717, 1.165) is 50.0 Å². The van der Waals surface area contributed by atoms with Crippen LogP contribution in [0.5, 0.6) is 0 Å². The highest BCUT2D eigenvalue weighted by Gasteiger charge is 2.35. The molecule has 3 aromatic rings. The molecule has 1 aliphatic rings. The topological polar surface area (TPSA) is 42.3 Å². The van der Waals surface area contributed by atoms with Gasteiger partial charge in [-0.3, -0.25) is 14.5 Å². The number of carbonyl (C=O) groups excluding carboxylic acids is 2. The molecule has 1 aliphatic heterocycles. The zero-order chi connectivity index (χ0) is 22.3. The Bertz CT molecular complexity index is 1250. The Hall–Kier alpha value is -2.28. The minimum atomic E-state index is -0.278. The molecule has 0 aliphatic carbocycles. The van der Waals surface area contributed by atoms with Gasteiger partial charge >= 0.3 is 0 Å². The number of rotatable bonds is 4. The maximum atomic E-state index is 12.9. The predicted molar refractivity (Wildman–Crippen MR) is 131 cm³/mol. The molecule has 0 atom stereocenters. The van der Waals surface area contributed by atoms with Crippen LogP contribution < -0.4 is 0 Å². The Morgan fingerprint density at radius 2 is 1.84 bits per heavy atom. The van der Waals surface area contributed by atoms with E-state index in [9.17, 15) is 9.59 Å². The average molecular weight is 516 g/mol. The van der Waals surface area contributed by atoms with Crippen molar-refractivity contribution in [2.24, 2.45) is 0 Å². The van der Waals surface area contributed by atoms with Crippen molar-refractivity contribution in [2.75, 3.05) is 0 Å². The van der Waals surface area contributed by atoms with E-state index < -0.39 is 0 Å². The third kappa shape index (κ3) is 4.38. The quantitative estimate of drug-likeness (QED) is 0.349. The third-order valence-electron chi connectivity index (χ3n) is 5.26. The summed E-state index contributed by atoms with van der Waals surface area (Å²) in [6, 6.07) is 15.4. The Morgan fingerprint density at radius 1 is 1.06 bits per heavy atom. The first-order valence-electron chi connectivity index (χ1n) is 9.70. The van der Waals surface area contributed by atoms with E-state index in [-0.39, 0.29) is 17.7 Å². The van der Waals surface area contributed by atoms with Crippen molar-refractivity contribution in [1.29, 1.82) is 0 Å². The fourth-order valence-electron chi connectivity index (χ4n) is 3.69. The van der Waals surface area contributed by atoms with Gasteiger partial charge in [0.1, 0.15) is 0 Å². The second-order valence-corrected chi connectivity index (χ2v) is 9.78. The monoisotopic (exact) mass is 514 g/mol. The molecule has 158 valence electrons. The third-order valence-corrected chi connectivity index (χ3v) is 7.29. The largest absolute Gasteiger partial charge is 0.318 e. The lowest BCUT2D eigenvalue weighted by Crippen LogP contribution is -2.27. The van der Waals surface area contributed by atoms with Gasteiger partial charge in [0.15, 0.2) is 0 Å². The lowest BCUT2D eigenvalue weighted by atomic mass is 10.2. The number of aromatic nitrogens is 1. The van der Waals surface area contributed by atoms with Gasteiger partial charge in [-0.05, 0) is 91.7 Å². The molecule has 0 spiro atoms. The minimum Gasteiger partial charge on any atom is -0.318 e. The molecule has 2 amide bonds. The van der Waals surface area contributed by atoms with E-state index in [2.05, 4.69) is 39.6 Å². The molecule has 0 saturated carbocycles. The number of carbonyl (C=O) groups is 2. The van der Waals surface area contributed by atoms with Crippen LogP contribution in [0.25, 0.3) is 11.8 Å². The van der Waals surface area contributed by atoms with Crippen LogP contribution >= 0.6 is 39.3 Å². The summed E-state index contributed by atoms with van der Waals surface area (Å²) < 4.78 is 3.22. The fourth-order valence-corrected chi connectivity index (χ4v) is 4.98. The zero-order valence-electron chi connectivity index (χ0n) is 17.3. The molecule has 2 heterocycles. The van der Waals surface area contributed by atoms with Crippen molar-refractivity contribution < 1.29 is 9.59 Å². The van der Waals surface area contributed by atoms with E-state index in [1.165, 1.54) is 4.90 Å². The fraction of sp³-hybridized carbons (Fsp3) is 0.167. The van der Waals surface area contributed by atoms with Crippen molar-refractivity contribution >= 4 is 56.5 Å². The molecular weight excluding hydrogens is 496 g/mol. The molecule has 1 saturated heterocycles. The molecule has 0 unspecified atom stereocenters. The first-order chi connectivity index (χ1) is 14.7. The molecular formula is C24H20BrClN2O2S. The van der Waals surface area contributed by atoms with E-state index in [1.807, 2.05) is 44.2 Å².